The molecule has 0 saturated heterocycles. The van der Waals surface area contributed by atoms with Crippen LogP contribution in [0.2, 0.25) is 0 Å². The van der Waals surface area contributed by atoms with Crippen LogP contribution in [0.3, 0.4) is 0 Å². The van der Waals surface area contributed by atoms with Crippen LogP contribution in [0.15, 0.2) is 0 Å². The predicted octanol–water partition coefficient (Wildman–Crippen LogP) is -6.19. The van der Waals surface area contributed by atoms with Crippen molar-refractivity contribution >= 4 is 5.97 Å². The minimum absolute atomic E-state index is 0. The van der Waals surface area contributed by atoms with Gasteiger partial charge in [0.25, 0.3) is 0 Å². The van der Waals surface area contributed by atoms with Crippen LogP contribution in [0.25, 0.3) is 0 Å². The molecule has 0 aromatic carbocycles. The van der Waals surface area contributed by atoms with Crippen molar-refractivity contribution in [2.45, 2.75) is 12.1 Å². The normalized spacial score (nSPS) is 13.1. The number of hydrogen-bond donors (Lipinski definition) is 2. The van der Waals surface area contributed by atoms with E-state index in [1.165, 1.54) is 0 Å². The number of aliphatic hydroxyl groups excluding tert-OH is 2. The number of nitriles is 2. The van der Waals surface area contributed by atoms with Gasteiger partial charge in [-0.05, 0) is 0 Å². The molecule has 0 aliphatic rings. The van der Waals surface area contributed by atoms with Crippen LogP contribution < -0.4 is 34.7 Å². The summed E-state index contributed by atoms with van der Waals surface area (Å²) in [5.74, 6) is -1.49. The van der Waals surface area contributed by atoms with Crippen LogP contribution in [-0.4, -0.2) is 52.9 Å². The number of aliphatic carboxylic acids is 1. The summed E-state index contributed by atoms with van der Waals surface area (Å²) in [6.07, 6.45) is 0. The van der Waals surface area contributed by atoms with Gasteiger partial charge in [0.15, 0.2) is 0 Å². The maximum atomic E-state index is 10.3. The molecule has 0 fully saturated rings. The Morgan fingerprint density at radius 2 is 1.62 bits per heavy atom. The molecule has 2 N–H and O–H groups in total. The summed E-state index contributed by atoms with van der Waals surface area (Å²) in [7, 11) is 0. The van der Waals surface area contributed by atoms with E-state index in [1.54, 1.807) is 12.1 Å². The van der Waals surface area contributed by atoms with Gasteiger partial charge < -0.3 is 20.1 Å². The molecule has 0 bridgehead atoms. The average Bonchev–Trinajstić information content (AvgIpc) is 2.20. The van der Waals surface area contributed by atoms with Crippen molar-refractivity contribution < 1.29 is 49.7 Å². The summed E-state index contributed by atoms with van der Waals surface area (Å²) in [6, 6.07) is 0.952. The first-order valence-electron chi connectivity index (χ1n) is 4.07. The Bertz CT molecular complexity index is 277. The number of aliphatic hydroxyl groups is 2. The van der Waals surface area contributed by atoms with Gasteiger partial charge >= 0.3 is 29.6 Å². The molecule has 2 unspecified atom stereocenters. The molecule has 0 aromatic heterocycles. The van der Waals surface area contributed by atoms with Gasteiger partial charge in [0.1, 0.15) is 12.1 Å². The monoisotopic (exact) mass is 235 g/mol. The fourth-order valence-electron chi connectivity index (χ4n) is 1.03. The summed E-state index contributed by atoms with van der Waals surface area (Å²) in [5, 5.41) is 45.1. The maximum absolute atomic E-state index is 10.3. The fraction of sp³-hybridized carbons (Fsp3) is 0.625. The molecule has 82 valence electrons. The first-order valence-corrected chi connectivity index (χ1v) is 4.07. The van der Waals surface area contributed by atoms with Crippen LogP contribution in [0, 0.1) is 22.7 Å². The molecule has 2 atom stereocenters. The van der Waals surface area contributed by atoms with Crippen LogP contribution in [0.4, 0.5) is 0 Å². The molecule has 0 aliphatic heterocycles. The summed E-state index contributed by atoms with van der Waals surface area (Å²) >= 11 is 0. The zero-order chi connectivity index (χ0) is 11.8. The molecular weight excluding hydrogens is 225 g/mol. The van der Waals surface area contributed by atoms with Gasteiger partial charge in [0.05, 0.1) is 31.3 Å². The Balaban J connectivity index is 0. The molecular formula is C8H10N3NaO4. The Kier molecular flexibility index (Phi) is 10.6. The summed E-state index contributed by atoms with van der Waals surface area (Å²) in [5.41, 5.74) is 0. The van der Waals surface area contributed by atoms with Crippen molar-refractivity contribution in [2.75, 3.05) is 19.8 Å². The molecule has 0 rings (SSSR count). The number of nitrogens with zero attached hydrogens (tertiary/aromatic N) is 3. The van der Waals surface area contributed by atoms with Gasteiger partial charge in [-0.25, -0.2) is 0 Å². The van der Waals surface area contributed by atoms with Crippen molar-refractivity contribution in [2.24, 2.45) is 0 Å². The van der Waals surface area contributed by atoms with Gasteiger partial charge in [-0.2, -0.15) is 10.5 Å². The number of carbonyl (C=O) groups excluding carboxylic acids is 1. The third-order valence-corrected chi connectivity index (χ3v) is 1.76. The Labute approximate surface area is 115 Å². The van der Waals surface area contributed by atoms with Gasteiger partial charge in [-0.1, -0.05) is 0 Å². The number of hydrogen-bond acceptors (Lipinski definition) is 7. The molecule has 8 heteroatoms. The molecule has 0 aromatic rings. The van der Waals surface area contributed by atoms with Crippen molar-refractivity contribution in [3.8, 4) is 12.1 Å². The zero-order valence-electron chi connectivity index (χ0n) is 8.83. The summed E-state index contributed by atoms with van der Waals surface area (Å²) < 4.78 is 0. The van der Waals surface area contributed by atoms with Crippen molar-refractivity contribution in [3.05, 3.63) is 0 Å². The predicted molar refractivity (Wildman–Crippen MR) is 44.7 cm³/mol. The molecule has 7 nitrogen and oxygen atoms in total. The number of rotatable bonds is 6. The van der Waals surface area contributed by atoms with E-state index in [4.69, 9.17) is 20.7 Å². The molecule has 0 spiro atoms. The number of carboxylic acids is 1. The van der Waals surface area contributed by atoms with E-state index in [9.17, 15) is 9.90 Å². The zero-order valence-corrected chi connectivity index (χ0v) is 10.8. The van der Waals surface area contributed by atoms with Crippen LogP contribution in [0.5, 0.6) is 0 Å². The van der Waals surface area contributed by atoms with Crippen molar-refractivity contribution in [1.29, 1.82) is 10.5 Å². The first-order chi connectivity index (χ1) is 7.10. The van der Waals surface area contributed by atoms with Crippen LogP contribution in [-0.2, 0) is 4.79 Å². The topological polar surface area (TPSA) is 131 Å². The minimum atomic E-state index is -1.49. The Hall–Kier alpha value is -0.670. The fourth-order valence-corrected chi connectivity index (χ4v) is 1.03. The smallest absolute Gasteiger partial charge is 0.549 e. The molecule has 0 saturated carbocycles. The minimum Gasteiger partial charge on any atom is -0.549 e. The van der Waals surface area contributed by atoms with Gasteiger partial charge in [-0.15, -0.1) is 0 Å². The third-order valence-electron chi connectivity index (χ3n) is 1.76. The second-order valence-electron chi connectivity index (χ2n) is 2.70. The van der Waals surface area contributed by atoms with Crippen LogP contribution in [0.1, 0.15) is 0 Å². The van der Waals surface area contributed by atoms with E-state index >= 15 is 0 Å². The van der Waals surface area contributed by atoms with Gasteiger partial charge in [0.2, 0.25) is 0 Å². The molecule has 0 amide bonds. The van der Waals surface area contributed by atoms with E-state index in [0.717, 1.165) is 4.90 Å². The standard InChI is InChI=1S/C8H11N3O4.Na/c9-1-6(4-12)11(3-8(14)15)7(2-10)5-13;/h6-7,12-13H,3-5H2,(H,14,15);/q;+1/p-1. The van der Waals surface area contributed by atoms with Crippen LogP contribution >= 0.6 is 0 Å². The van der Waals surface area contributed by atoms with Gasteiger partial charge in [0, 0.05) is 6.54 Å². The molecule has 16 heavy (non-hydrogen) atoms. The Morgan fingerprint density at radius 3 is 1.81 bits per heavy atom. The van der Waals surface area contributed by atoms with E-state index in [0.29, 0.717) is 0 Å². The number of carbonyl (C=O) groups is 1. The van der Waals surface area contributed by atoms with E-state index in [-0.39, 0.29) is 29.6 Å². The molecule has 0 radical (unpaired) electrons. The van der Waals surface area contributed by atoms with E-state index in [2.05, 4.69) is 0 Å². The van der Waals surface area contributed by atoms with E-state index < -0.39 is 37.8 Å². The first kappa shape index (κ1) is 17.7. The third kappa shape index (κ3) is 5.42. The summed E-state index contributed by atoms with van der Waals surface area (Å²) in [6.45, 7) is -1.94. The second kappa shape index (κ2) is 9.55. The van der Waals surface area contributed by atoms with Crippen molar-refractivity contribution in [3.63, 3.8) is 0 Å². The van der Waals surface area contributed by atoms with E-state index in [1.807, 2.05) is 0 Å². The Morgan fingerprint density at radius 1 is 1.25 bits per heavy atom. The maximum Gasteiger partial charge on any atom is 1.00 e. The second-order valence-corrected chi connectivity index (χ2v) is 2.70. The van der Waals surface area contributed by atoms with Gasteiger partial charge in [-0.3, -0.25) is 4.90 Å². The molecule has 0 heterocycles. The van der Waals surface area contributed by atoms with Crippen molar-refractivity contribution in [1.82, 2.24) is 4.90 Å². The largest absolute Gasteiger partial charge is 1.00 e. The molecule has 0 aliphatic carbocycles. The SMILES string of the molecule is N#CC(CO)N(CC(=O)[O-])C(C#N)CO.[Na+]. The average molecular weight is 235 g/mol. The quantitative estimate of drug-likeness (QED) is 0.438. The number of carboxylic acid groups (broad SMARTS) is 1. The summed E-state index contributed by atoms with van der Waals surface area (Å²) in [4.78, 5) is 11.2.